The summed E-state index contributed by atoms with van der Waals surface area (Å²) in [6.45, 7) is 2.08. The van der Waals surface area contributed by atoms with Gasteiger partial charge in [-0.2, -0.15) is 0 Å². The summed E-state index contributed by atoms with van der Waals surface area (Å²) in [5, 5.41) is 0.549. The molecule has 3 rings (SSSR count). The van der Waals surface area contributed by atoms with Crippen LogP contribution in [0.4, 0.5) is 0 Å². The molecule has 1 aromatic carbocycles. The Morgan fingerprint density at radius 3 is 2.42 bits per heavy atom. The van der Waals surface area contributed by atoms with Crippen LogP contribution in [0.5, 0.6) is 0 Å². The molecule has 0 bridgehead atoms. The van der Waals surface area contributed by atoms with Crippen LogP contribution in [0.15, 0.2) is 30.3 Å². The van der Waals surface area contributed by atoms with Crippen molar-refractivity contribution >= 4 is 11.6 Å². The molecule has 0 saturated heterocycles. The number of aromatic nitrogens is 2. The molecule has 1 heterocycles. The first-order valence-corrected chi connectivity index (χ1v) is 7.22. The number of hydrogen-bond acceptors (Lipinski definition) is 2. The highest BCUT2D eigenvalue weighted by molar-refractivity contribution is 6.29. The Morgan fingerprint density at radius 2 is 1.74 bits per heavy atom. The average molecular weight is 273 g/mol. The first-order chi connectivity index (χ1) is 9.22. The van der Waals surface area contributed by atoms with E-state index in [9.17, 15) is 0 Å². The predicted octanol–water partition coefficient (Wildman–Crippen LogP) is 4.76. The monoisotopic (exact) mass is 272 g/mol. The van der Waals surface area contributed by atoms with Crippen LogP contribution in [0, 0.1) is 6.92 Å². The molecule has 0 radical (unpaired) electrons. The fourth-order valence-corrected chi connectivity index (χ4v) is 2.89. The molecule has 1 aliphatic carbocycles. The molecule has 2 aromatic rings. The van der Waals surface area contributed by atoms with Gasteiger partial charge in [-0.1, -0.05) is 54.3 Å². The molecule has 0 atom stereocenters. The van der Waals surface area contributed by atoms with Crippen molar-refractivity contribution in [2.45, 2.75) is 38.5 Å². The topological polar surface area (TPSA) is 25.8 Å². The summed E-state index contributed by atoms with van der Waals surface area (Å²) in [6.07, 6.45) is 5.04. The van der Waals surface area contributed by atoms with Crippen molar-refractivity contribution < 1.29 is 0 Å². The Hall–Kier alpha value is -1.41. The fourth-order valence-electron chi connectivity index (χ4n) is 2.70. The van der Waals surface area contributed by atoms with Gasteiger partial charge in [0.05, 0.1) is 0 Å². The number of halogens is 1. The van der Waals surface area contributed by atoms with E-state index in [1.165, 1.54) is 31.2 Å². The minimum Gasteiger partial charge on any atom is -0.233 e. The number of nitrogens with zero attached hydrogens (tertiary/aromatic N) is 2. The standard InChI is InChI=1S/C16H17ClN2/c1-11-6-8-13(9-7-11)16-18-14(10-15(17)19-16)12-4-2-3-5-12/h6-10,12H,2-5H2,1H3. The van der Waals surface area contributed by atoms with Crippen molar-refractivity contribution in [2.24, 2.45) is 0 Å². The molecule has 19 heavy (non-hydrogen) atoms. The van der Waals surface area contributed by atoms with Crippen molar-refractivity contribution in [3.63, 3.8) is 0 Å². The normalized spacial score (nSPS) is 15.9. The quantitative estimate of drug-likeness (QED) is 0.737. The van der Waals surface area contributed by atoms with Gasteiger partial charge in [0.2, 0.25) is 0 Å². The van der Waals surface area contributed by atoms with E-state index in [0.717, 1.165) is 17.1 Å². The van der Waals surface area contributed by atoms with E-state index in [1.54, 1.807) is 0 Å². The van der Waals surface area contributed by atoms with E-state index in [-0.39, 0.29) is 0 Å². The van der Waals surface area contributed by atoms with Crippen molar-refractivity contribution in [1.82, 2.24) is 9.97 Å². The van der Waals surface area contributed by atoms with Gasteiger partial charge in [-0.25, -0.2) is 9.97 Å². The number of benzene rings is 1. The molecule has 98 valence electrons. The summed E-state index contributed by atoms with van der Waals surface area (Å²) >= 11 is 6.16. The zero-order chi connectivity index (χ0) is 13.2. The molecule has 0 aliphatic heterocycles. The van der Waals surface area contributed by atoms with Crippen LogP contribution in [0.25, 0.3) is 11.4 Å². The van der Waals surface area contributed by atoms with E-state index < -0.39 is 0 Å². The second-order valence-electron chi connectivity index (χ2n) is 5.29. The lowest BCUT2D eigenvalue weighted by Crippen LogP contribution is -2.00. The van der Waals surface area contributed by atoms with Crippen LogP contribution in [-0.2, 0) is 0 Å². The van der Waals surface area contributed by atoms with Crippen LogP contribution in [0.1, 0.15) is 42.9 Å². The van der Waals surface area contributed by atoms with Crippen molar-refractivity contribution in [3.8, 4) is 11.4 Å². The van der Waals surface area contributed by atoms with Crippen molar-refractivity contribution in [2.75, 3.05) is 0 Å². The van der Waals surface area contributed by atoms with Crippen LogP contribution in [-0.4, -0.2) is 9.97 Å². The molecular formula is C16H17ClN2. The summed E-state index contributed by atoms with van der Waals surface area (Å²) < 4.78 is 0. The van der Waals surface area contributed by atoms with E-state index in [0.29, 0.717) is 11.1 Å². The van der Waals surface area contributed by atoms with Gasteiger partial charge in [0.1, 0.15) is 5.15 Å². The van der Waals surface area contributed by atoms with Gasteiger partial charge in [-0.05, 0) is 25.8 Å². The fraction of sp³-hybridized carbons (Fsp3) is 0.375. The highest BCUT2D eigenvalue weighted by Gasteiger charge is 2.20. The third-order valence-corrected chi connectivity index (χ3v) is 3.99. The van der Waals surface area contributed by atoms with Gasteiger partial charge in [-0.15, -0.1) is 0 Å². The van der Waals surface area contributed by atoms with Crippen molar-refractivity contribution in [3.05, 3.63) is 46.7 Å². The summed E-state index contributed by atoms with van der Waals surface area (Å²) in [4.78, 5) is 9.08. The van der Waals surface area contributed by atoms with E-state index in [4.69, 9.17) is 16.6 Å². The second-order valence-corrected chi connectivity index (χ2v) is 5.67. The SMILES string of the molecule is Cc1ccc(-c2nc(Cl)cc(C3CCCC3)n2)cc1. The zero-order valence-electron chi connectivity index (χ0n) is 11.1. The van der Waals surface area contributed by atoms with E-state index in [1.807, 2.05) is 6.07 Å². The second kappa shape index (κ2) is 5.30. The lowest BCUT2D eigenvalue weighted by molar-refractivity contribution is 0.695. The molecule has 0 unspecified atom stereocenters. The summed E-state index contributed by atoms with van der Waals surface area (Å²) in [5.74, 6) is 1.30. The molecule has 0 N–H and O–H groups in total. The largest absolute Gasteiger partial charge is 0.233 e. The highest BCUT2D eigenvalue weighted by atomic mass is 35.5. The smallest absolute Gasteiger partial charge is 0.161 e. The lowest BCUT2D eigenvalue weighted by atomic mass is 10.0. The Balaban J connectivity index is 1.99. The number of aryl methyl sites for hydroxylation is 1. The summed E-state index contributed by atoms with van der Waals surface area (Å²) in [5.41, 5.74) is 3.38. The maximum absolute atomic E-state index is 6.16. The van der Waals surface area contributed by atoms with Gasteiger partial charge in [-0.3, -0.25) is 0 Å². The van der Waals surface area contributed by atoms with Crippen LogP contribution in [0.2, 0.25) is 5.15 Å². The molecule has 1 saturated carbocycles. The molecule has 1 fully saturated rings. The Kier molecular flexibility index (Phi) is 3.52. The van der Waals surface area contributed by atoms with Gasteiger partial charge >= 0.3 is 0 Å². The molecule has 3 heteroatoms. The highest BCUT2D eigenvalue weighted by Crippen LogP contribution is 2.34. The van der Waals surface area contributed by atoms with Crippen LogP contribution < -0.4 is 0 Å². The molecule has 0 amide bonds. The first-order valence-electron chi connectivity index (χ1n) is 6.84. The summed E-state index contributed by atoms with van der Waals surface area (Å²) in [7, 11) is 0. The van der Waals surface area contributed by atoms with Crippen LogP contribution in [0.3, 0.4) is 0 Å². The van der Waals surface area contributed by atoms with Crippen molar-refractivity contribution in [1.29, 1.82) is 0 Å². The van der Waals surface area contributed by atoms with Gasteiger partial charge < -0.3 is 0 Å². The molecule has 0 spiro atoms. The molecule has 1 aliphatic rings. The lowest BCUT2D eigenvalue weighted by Gasteiger charge is -2.10. The predicted molar refractivity (Wildman–Crippen MR) is 78.4 cm³/mol. The third-order valence-electron chi connectivity index (χ3n) is 3.80. The Bertz CT molecular complexity index is 572. The van der Waals surface area contributed by atoms with E-state index in [2.05, 4.69) is 36.2 Å². The van der Waals surface area contributed by atoms with E-state index >= 15 is 0 Å². The average Bonchev–Trinajstić information content (AvgIpc) is 2.93. The number of hydrogen-bond donors (Lipinski definition) is 0. The molecule has 2 nitrogen and oxygen atoms in total. The minimum absolute atomic E-state index is 0.549. The molecular weight excluding hydrogens is 256 g/mol. The maximum Gasteiger partial charge on any atom is 0.161 e. The van der Waals surface area contributed by atoms with Gasteiger partial charge in [0, 0.05) is 17.2 Å². The number of rotatable bonds is 2. The van der Waals surface area contributed by atoms with Crippen LogP contribution >= 0.6 is 11.6 Å². The zero-order valence-corrected chi connectivity index (χ0v) is 11.8. The molecule has 1 aromatic heterocycles. The summed E-state index contributed by atoms with van der Waals surface area (Å²) in [6, 6.07) is 10.2. The Labute approximate surface area is 118 Å². The third kappa shape index (κ3) is 2.79. The van der Waals surface area contributed by atoms with Gasteiger partial charge in [0.25, 0.3) is 0 Å². The maximum atomic E-state index is 6.16. The minimum atomic E-state index is 0.549. The first kappa shape index (κ1) is 12.6. The Morgan fingerprint density at radius 1 is 1.05 bits per heavy atom. The van der Waals surface area contributed by atoms with Gasteiger partial charge in [0.15, 0.2) is 5.82 Å².